The van der Waals surface area contributed by atoms with E-state index in [0.717, 1.165) is 12.3 Å². The molecule has 0 atom stereocenters. The number of aromatic nitrogens is 2. The standard InChI is InChI=1S/C10H15ClN2O/c1-8(2)4-3-7-14-10-6-5-9(11)12-13-10/h5-6,8H,3-4,7H2,1-2H3. The molecule has 1 aromatic heterocycles. The van der Waals surface area contributed by atoms with Gasteiger partial charge in [0.05, 0.1) is 6.61 Å². The number of halogens is 1. The quantitative estimate of drug-likeness (QED) is 0.707. The van der Waals surface area contributed by atoms with E-state index in [1.807, 2.05) is 0 Å². The summed E-state index contributed by atoms with van der Waals surface area (Å²) in [6, 6.07) is 3.40. The minimum atomic E-state index is 0.388. The zero-order valence-electron chi connectivity index (χ0n) is 8.53. The van der Waals surface area contributed by atoms with Gasteiger partial charge < -0.3 is 4.74 Å². The number of rotatable bonds is 5. The number of ether oxygens (including phenoxy) is 1. The van der Waals surface area contributed by atoms with Crippen molar-refractivity contribution in [3.05, 3.63) is 17.3 Å². The molecule has 0 radical (unpaired) electrons. The van der Waals surface area contributed by atoms with E-state index in [1.54, 1.807) is 12.1 Å². The molecule has 1 heterocycles. The molecule has 14 heavy (non-hydrogen) atoms. The Morgan fingerprint density at radius 2 is 2.14 bits per heavy atom. The highest BCUT2D eigenvalue weighted by Gasteiger charge is 1.97. The second-order valence-electron chi connectivity index (χ2n) is 3.58. The fourth-order valence-electron chi connectivity index (χ4n) is 1.05. The van der Waals surface area contributed by atoms with Crippen LogP contribution in [-0.4, -0.2) is 16.8 Å². The monoisotopic (exact) mass is 214 g/mol. The molecule has 0 amide bonds. The Kier molecular flexibility index (Phi) is 4.66. The van der Waals surface area contributed by atoms with Gasteiger partial charge in [-0.3, -0.25) is 0 Å². The Bertz CT molecular complexity index is 261. The first-order valence-corrected chi connectivity index (χ1v) is 5.18. The molecule has 1 rings (SSSR count). The van der Waals surface area contributed by atoms with Crippen LogP contribution < -0.4 is 4.74 Å². The summed E-state index contributed by atoms with van der Waals surface area (Å²) >= 11 is 5.59. The Hall–Kier alpha value is -0.830. The molecular weight excluding hydrogens is 200 g/mol. The van der Waals surface area contributed by atoms with Crippen LogP contribution in [0.5, 0.6) is 5.88 Å². The lowest BCUT2D eigenvalue weighted by molar-refractivity contribution is 0.284. The van der Waals surface area contributed by atoms with Gasteiger partial charge in [0.25, 0.3) is 0 Å². The molecule has 0 spiro atoms. The lowest BCUT2D eigenvalue weighted by Crippen LogP contribution is -2.01. The normalized spacial score (nSPS) is 10.6. The van der Waals surface area contributed by atoms with Crippen LogP contribution in [0.3, 0.4) is 0 Å². The van der Waals surface area contributed by atoms with Gasteiger partial charge in [-0.05, 0) is 24.8 Å². The maximum Gasteiger partial charge on any atom is 0.233 e. The summed E-state index contributed by atoms with van der Waals surface area (Å²) in [7, 11) is 0. The third-order valence-corrected chi connectivity index (χ3v) is 1.98. The number of hydrogen-bond donors (Lipinski definition) is 0. The predicted octanol–water partition coefficient (Wildman–Crippen LogP) is 2.95. The zero-order valence-corrected chi connectivity index (χ0v) is 9.29. The summed E-state index contributed by atoms with van der Waals surface area (Å²) in [6.07, 6.45) is 2.21. The summed E-state index contributed by atoms with van der Waals surface area (Å²) in [6.45, 7) is 5.08. The van der Waals surface area contributed by atoms with Gasteiger partial charge in [-0.25, -0.2) is 0 Å². The maximum atomic E-state index is 5.59. The molecule has 4 heteroatoms. The molecule has 0 aromatic carbocycles. The highest BCUT2D eigenvalue weighted by atomic mass is 35.5. The average molecular weight is 215 g/mol. The highest BCUT2D eigenvalue weighted by Crippen LogP contribution is 2.09. The van der Waals surface area contributed by atoms with Crippen LogP contribution in [0.1, 0.15) is 26.7 Å². The van der Waals surface area contributed by atoms with Crippen molar-refractivity contribution in [2.24, 2.45) is 5.92 Å². The van der Waals surface area contributed by atoms with E-state index < -0.39 is 0 Å². The molecule has 0 aliphatic rings. The molecular formula is C10H15ClN2O. The van der Waals surface area contributed by atoms with Crippen LogP contribution in [0.25, 0.3) is 0 Å². The summed E-state index contributed by atoms with van der Waals surface area (Å²) in [5.74, 6) is 1.26. The summed E-state index contributed by atoms with van der Waals surface area (Å²) < 4.78 is 5.38. The van der Waals surface area contributed by atoms with Crippen LogP contribution >= 0.6 is 11.6 Å². The van der Waals surface area contributed by atoms with Crippen molar-refractivity contribution in [3.63, 3.8) is 0 Å². The van der Waals surface area contributed by atoms with Crippen molar-refractivity contribution < 1.29 is 4.74 Å². The zero-order chi connectivity index (χ0) is 10.4. The lowest BCUT2D eigenvalue weighted by Gasteiger charge is -2.05. The maximum absolute atomic E-state index is 5.59. The van der Waals surface area contributed by atoms with E-state index >= 15 is 0 Å². The Morgan fingerprint density at radius 3 is 2.71 bits per heavy atom. The smallest absolute Gasteiger partial charge is 0.233 e. The third kappa shape index (κ3) is 4.42. The summed E-state index contributed by atoms with van der Waals surface area (Å²) in [4.78, 5) is 0. The first kappa shape index (κ1) is 11.2. The van der Waals surface area contributed by atoms with Gasteiger partial charge in [-0.2, -0.15) is 0 Å². The van der Waals surface area contributed by atoms with Gasteiger partial charge in [0.2, 0.25) is 5.88 Å². The van der Waals surface area contributed by atoms with Gasteiger partial charge >= 0.3 is 0 Å². The van der Waals surface area contributed by atoms with E-state index in [4.69, 9.17) is 16.3 Å². The second-order valence-corrected chi connectivity index (χ2v) is 3.97. The molecule has 0 N–H and O–H groups in total. The van der Waals surface area contributed by atoms with Crippen molar-refractivity contribution >= 4 is 11.6 Å². The first-order chi connectivity index (χ1) is 6.68. The number of nitrogens with zero attached hydrogens (tertiary/aromatic N) is 2. The molecule has 0 aliphatic carbocycles. The van der Waals surface area contributed by atoms with Gasteiger partial charge in [0.1, 0.15) is 0 Å². The van der Waals surface area contributed by atoms with Crippen molar-refractivity contribution in [1.29, 1.82) is 0 Å². The molecule has 1 aromatic rings. The SMILES string of the molecule is CC(C)CCCOc1ccc(Cl)nn1. The predicted molar refractivity (Wildman–Crippen MR) is 56.6 cm³/mol. The van der Waals surface area contributed by atoms with Crippen molar-refractivity contribution in [2.45, 2.75) is 26.7 Å². The minimum Gasteiger partial charge on any atom is -0.477 e. The van der Waals surface area contributed by atoms with Crippen molar-refractivity contribution in [1.82, 2.24) is 10.2 Å². The van der Waals surface area contributed by atoms with E-state index in [9.17, 15) is 0 Å². The fraction of sp³-hybridized carbons (Fsp3) is 0.600. The van der Waals surface area contributed by atoms with Crippen LogP contribution in [0.15, 0.2) is 12.1 Å². The second kappa shape index (κ2) is 5.81. The highest BCUT2D eigenvalue weighted by molar-refractivity contribution is 6.29. The van der Waals surface area contributed by atoms with Gasteiger partial charge in [-0.15, -0.1) is 10.2 Å². The van der Waals surface area contributed by atoms with Crippen LogP contribution in [0, 0.1) is 5.92 Å². The van der Waals surface area contributed by atoms with Crippen LogP contribution in [0.2, 0.25) is 5.15 Å². The molecule has 0 unspecified atom stereocenters. The first-order valence-electron chi connectivity index (χ1n) is 4.80. The van der Waals surface area contributed by atoms with E-state index in [0.29, 0.717) is 17.6 Å². The summed E-state index contributed by atoms with van der Waals surface area (Å²) in [5.41, 5.74) is 0. The third-order valence-electron chi connectivity index (χ3n) is 1.78. The van der Waals surface area contributed by atoms with E-state index in [-0.39, 0.29) is 0 Å². The van der Waals surface area contributed by atoms with Crippen LogP contribution in [0.4, 0.5) is 0 Å². The molecule has 0 saturated heterocycles. The molecule has 78 valence electrons. The molecule has 0 fully saturated rings. The Balaban J connectivity index is 2.21. The molecule has 0 aliphatic heterocycles. The van der Waals surface area contributed by atoms with Gasteiger partial charge in [0.15, 0.2) is 5.15 Å². The Labute approximate surface area is 89.4 Å². The lowest BCUT2D eigenvalue weighted by atomic mass is 10.1. The number of hydrogen-bond acceptors (Lipinski definition) is 3. The molecule has 0 bridgehead atoms. The van der Waals surface area contributed by atoms with Gasteiger partial charge in [0, 0.05) is 6.07 Å². The van der Waals surface area contributed by atoms with Crippen molar-refractivity contribution in [2.75, 3.05) is 6.61 Å². The molecule has 0 saturated carbocycles. The topological polar surface area (TPSA) is 35.0 Å². The van der Waals surface area contributed by atoms with Crippen LogP contribution in [-0.2, 0) is 0 Å². The summed E-state index contributed by atoms with van der Waals surface area (Å²) in [5, 5.41) is 7.86. The van der Waals surface area contributed by atoms with E-state index in [2.05, 4.69) is 24.0 Å². The average Bonchev–Trinajstić information content (AvgIpc) is 2.15. The van der Waals surface area contributed by atoms with Gasteiger partial charge in [-0.1, -0.05) is 25.4 Å². The fourth-order valence-corrected chi connectivity index (χ4v) is 1.15. The largest absolute Gasteiger partial charge is 0.477 e. The Morgan fingerprint density at radius 1 is 1.36 bits per heavy atom. The van der Waals surface area contributed by atoms with Crippen molar-refractivity contribution in [3.8, 4) is 5.88 Å². The minimum absolute atomic E-state index is 0.388. The van der Waals surface area contributed by atoms with E-state index in [1.165, 1.54) is 6.42 Å². The molecule has 3 nitrogen and oxygen atoms in total.